The van der Waals surface area contributed by atoms with Crippen molar-refractivity contribution < 1.29 is 9.84 Å². The number of aryl methyl sites for hydroxylation is 2. The zero-order valence-electron chi connectivity index (χ0n) is 19.0. The number of nitrogens with one attached hydrogen (secondary N) is 1. The number of hydrogen-bond donors (Lipinski definition) is 2. The number of aromatic amines is 1. The summed E-state index contributed by atoms with van der Waals surface area (Å²) in [5.74, 6) is 1.89. The molecule has 0 saturated heterocycles. The first-order chi connectivity index (χ1) is 16.2. The topological polar surface area (TPSA) is 110 Å². The number of tetrazole rings is 1. The first kappa shape index (κ1) is 22.5. The molecule has 0 saturated carbocycles. The van der Waals surface area contributed by atoms with Crippen LogP contribution < -0.4 is 4.74 Å². The Labute approximate surface area is 193 Å². The van der Waals surface area contributed by atoms with Crippen molar-refractivity contribution in [1.82, 2.24) is 30.6 Å². The molecule has 4 aromatic rings. The van der Waals surface area contributed by atoms with Crippen molar-refractivity contribution in [1.29, 1.82) is 0 Å². The highest BCUT2D eigenvalue weighted by Crippen LogP contribution is 2.31. The van der Waals surface area contributed by atoms with Gasteiger partial charge in [-0.2, -0.15) is 4.98 Å². The number of H-pyrrole nitrogens is 1. The Kier molecular flexibility index (Phi) is 7.36. The Morgan fingerprint density at radius 2 is 1.79 bits per heavy atom. The largest absolute Gasteiger partial charge is 0.475 e. The normalized spacial score (nSPS) is 11.0. The molecule has 0 aliphatic heterocycles. The molecular formula is C25H28N6O2. The van der Waals surface area contributed by atoms with Crippen molar-refractivity contribution >= 4 is 0 Å². The van der Waals surface area contributed by atoms with Crippen molar-refractivity contribution in [2.45, 2.75) is 39.5 Å². The predicted octanol–water partition coefficient (Wildman–Crippen LogP) is 3.94. The molecular weight excluding hydrogens is 416 g/mol. The van der Waals surface area contributed by atoms with Crippen molar-refractivity contribution in [3.8, 4) is 28.4 Å². The lowest BCUT2D eigenvalue weighted by atomic mass is 9.96. The number of benzene rings is 2. The molecule has 2 heterocycles. The lowest BCUT2D eigenvalue weighted by molar-refractivity contribution is 0.195. The summed E-state index contributed by atoms with van der Waals surface area (Å²) in [6.07, 6.45) is 3.68. The second-order valence-electron chi connectivity index (χ2n) is 7.85. The van der Waals surface area contributed by atoms with Crippen molar-refractivity contribution in [3.05, 3.63) is 71.2 Å². The van der Waals surface area contributed by atoms with Crippen molar-refractivity contribution in [3.63, 3.8) is 0 Å². The summed E-state index contributed by atoms with van der Waals surface area (Å²) in [5, 5.41) is 23.5. The molecule has 2 aromatic carbocycles. The highest BCUT2D eigenvalue weighted by atomic mass is 16.5. The van der Waals surface area contributed by atoms with Crippen LogP contribution in [-0.2, 0) is 12.8 Å². The second kappa shape index (κ2) is 10.8. The maximum Gasteiger partial charge on any atom is 0.220 e. The van der Waals surface area contributed by atoms with E-state index in [-0.39, 0.29) is 13.2 Å². The second-order valence-corrected chi connectivity index (χ2v) is 7.85. The Hall–Kier alpha value is -3.65. The summed E-state index contributed by atoms with van der Waals surface area (Å²) in [6, 6.07) is 16.5. The van der Waals surface area contributed by atoms with Gasteiger partial charge < -0.3 is 9.84 Å². The molecule has 0 fully saturated rings. The number of unbranched alkanes of at least 4 members (excludes halogenated alkanes) is 1. The average Bonchev–Trinajstić information content (AvgIpc) is 3.38. The smallest absolute Gasteiger partial charge is 0.220 e. The molecule has 2 N–H and O–H groups in total. The van der Waals surface area contributed by atoms with Gasteiger partial charge in [0.1, 0.15) is 12.4 Å². The molecule has 0 aliphatic carbocycles. The number of aromatic nitrogens is 6. The van der Waals surface area contributed by atoms with Gasteiger partial charge in [0.15, 0.2) is 5.82 Å². The first-order valence-corrected chi connectivity index (χ1v) is 11.2. The van der Waals surface area contributed by atoms with E-state index in [4.69, 9.17) is 9.72 Å². The van der Waals surface area contributed by atoms with E-state index in [0.717, 1.165) is 52.8 Å². The van der Waals surface area contributed by atoms with E-state index in [1.807, 2.05) is 25.1 Å². The fourth-order valence-corrected chi connectivity index (χ4v) is 3.84. The zero-order valence-corrected chi connectivity index (χ0v) is 19.0. The van der Waals surface area contributed by atoms with E-state index < -0.39 is 0 Å². The summed E-state index contributed by atoms with van der Waals surface area (Å²) < 4.78 is 5.79. The van der Waals surface area contributed by atoms with Crippen LogP contribution in [0.3, 0.4) is 0 Å². The van der Waals surface area contributed by atoms with Crippen molar-refractivity contribution in [2.24, 2.45) is 0 Å². The molecule has 8 heteroatoms. The number of aliphatic hydroxyl groups excluding tert-OH is 1. The summed E-state index contributed by atoms with van der Waals surface area (Å²) in [4.78, 5) is 9.22. The molecule has 0 bridgehead atoms. The number of hydrogen-bond acceptors (Lipinski definition) is 7. The van der Waals surface area contributed by atoms with Crippen LogP contribution in [0.1, 0.15) is 42.4 Å². The lowest BCUT2D eigenvalue weighted by Crippen LogP contribution is -2.11. The SMILES string of the molecule is CCCCc1nc(C)nc(OCCO)c1Cc1ccc(-c2ccccc2-c2nnn[nH]2)cc1. The molecule has 170 valence electrons. The van der Waals surface area contributed by atoms with E-state index in [1.165, 1.54) is 0 Å². The van der Waals surface area contributed by atoms with Crippen LogP contribution in [0.5, 0.6) is 5.88 Å². The van der Waals surface area contributed by atoms with Gasteiger partial charge in [0, 0.05) is 17.5 Å². The summed E-state index contributed by atoms with van der Waals surface area (Å²) in [7, 11) is 0. The average molecular weight is 445 g/mol. The Morgan fingerprint density at radius 1 is 1.00 bits per heavy atom. The van der Waals surface area contributed by atoms with Gasteiger partial charge in [-0.1, -0.05) is 61.9 Å². The van der Waals surface area contributed by atoms with Crippen LogP contribution in [0.15, 0.2) is 48.5 Å². The minimum Gasteiger partial charge on any atom is -0.475 e. The lowest BCUT2D eigenvalue weighted by Gasteiger charge is -2.15. The van der Waals surface area contributed by atoms with E-state index >= 15 is 0 Å². The highest BCUT2D eigenvalue weighted by molar-refractivity contribution is 5.80. The molecule has 2 aromatic heterocycles. The third-order valence-corrected chi connectivity index (χ3v) is 5.44. The monoisotopic (exact) mass is 444 g/mol. The number of rotatable bonds is 10. The highest BCUT2D eigenvalue weighted by Gasteiger charge is 2.16. The number of nitrogens with zero attached hydrogens (tertiary/aromatic N) is 5. The third-order valence-electron chi connectivity index (χ3n) is 5.44. The van der Waals surface area contributed by atoms with Crippen LogP contribution >= 0.6 is 0 Å². The molecule has 0 radical (unpaired) electrons. The van der Waals surface area contributed by atoms with Gasteiger partial charge in [-0.15, -0.1) is 5.10 Å². The minimum absolute atomic E-state index is 0.0540. The molecule has 0 amide bonds. The predicted molar refractivity (Wildman–Crippen MR) is 126 cm³/mol. The van der Waals surface area contributed by atoms with Gasteiger partial charge in [0.2, 0.25) is 5.88 Å². The van der Waals surface area contributed by atoms with Crippen LogP contribution in [0.2, 0.25) is 0 Å². The quantitative estimate of drug-likeness (QED) is 0.381. The van der Waals surface area contributed by atoms with E-state index in [0.29, 0.717) is 23.9 Å². The van der Waals surface area contributed by atoms with Gasteiger partial charge in [0.05, 0.1) is 12.3 Å². The van der Waals surface area contributed by atoms with E-state index in [1.54, 1.807) is 0 Å². The van der Waals surface area contributed by atoms with Gasteiger partial charge in [-0.3, -0.25) is 0 Å². The summed E-state index contributed by atoms with van der Waals surface area (Å²) in [5.41, 5.74) is 6.22. The molecule has 0 aliphatic rings. The molecule has 33 heavy (non-hydrogen) atoms. The molecule has 8 nitrogen and oxygen atoms in total. The van der Waals surface area contributed by atoms with Crippen molar-refractivity contribution in [2.75, 3.05) is 13.2 Å². The van der Waals surface area contributed by atoms with Gasteiger partial charge in [-0.05, 0) is 46.9 Å². The standard InChI is InChI=1S/C25H28N6O2/c1-3-4-9-23-22(25(33-15-14-32)27-17(2)26-23)16-18-10-12-19(13-11-18)20-7-5-6-8-21(20)24-28-30-31-29-24/h5-8,10-13,32H,3-4,9,14-16H2,1-2H3,(H,28,29,30,31). The fourth-order valence-electron chi connectivity index (χ4n) is 3.84. The fraction of sp³-hybridized carbons (Fsp3) is 0.320. The first-order valence-electron chi connectivity index (χ1n) is 11.2. The zero-order chi connectivity index (χ0) is 23.0. The van der Waals surface area contributed by atoms with Crippen LogP contribution in [-0.4, -0.2) is 48.9 Å². The van der Waals surface area contributed by atoms with E-state index in [9.17, 15) is 5.11 Å². The maximum absolute atomic E-state index is 9.24. The number of aliphatic hydroxyl groups is 1. The maximum atomic E-state index is 9.24. The minimum atomic E-state index is -0.0540. The van der Waals surface area contributed by atoms with Crippen LogP contribution in [0, 0.1) is 6.92 Å². The summed E-state index contributed by atoms with van der Waals surface area (Å²) in [6.45, 7) is 4.20. The van der Waals surface area contributed by atoms with Crippen LogP contribution in [0.25, 0.3) is 22.5 Å². The Morgan fingerprint density at radius 3 is 2.48 bits per heavy atom. The number of ether oxygens (including phenoxy) is 1. The van der Waals surface area contributed by atoms with Crippen LogP contribution in [0.4, 0.5) is 0 Å². The molecule has 0 atom stereocenters. The van der Waals surface area contributed by atoms with E-state index in [2.05, 4.69) is 62.9 Å². The third kappa shape index (κ3) is 5.40. The van der Waals surface area contributed by atoms with Gasteiger partial charge >= 0.3 is 0 Å². The summed E-state index contributed by atoms with van der Waals surface area (Å²) >= 11 is 0. The molecule has 4 rings (SSSR count). The molecule has 0 unspecified atom stereocenters. The Balaban J connectivity index is 1.64. The van der Waals surface area contributed by atoms with Gasteiger partial charge in [-0.25, -0.2) is 10.1 Å². The van der Waals surface area contributed by atoms with Gasteiger partial charge in [0.25, 0.3) is 0 Å². The Bertz CT molecular complexity index is 1150. The molecule has 0 spiro atoms.